The molecule has 1 aromatic rings. The lowest BCUT2D eigenvalue weighted by Crippen LogP contribution is -2.30. The van der Waals surface area contributed by atoms with Crippen molar-refractivity contribution in [2.75, 3.05) is 6.54 Å². The third kappa shape index (κ3) is 2.81. The monoisotopic (exact) mass is 178 g/mol. The van der Waals surface area contributed by atoms with Crippen molar-refractivity contribution in [3.05, 3.63) is 30.1 Å². The number of hydrogen-bond acceptors (Lipinski definition) is 2. The zero-order valence-electron chi connectivity index (χ0n) is 8.62. The number of pyridine rings is 1. The molecule has 1 heterocycles. The summed E-state index contributed by atoms with van der Waals surface area (Å²) in [7, 11) is 0. The van der Waals surface area contributed by atoms with Crippen LogP contribution in [-0.4, -0.2) is 17.6 Å². The maximum atomic E-state index is 4.12. The quantitative estimate of drug-likeness (QED) is 0.764. The molecule has 1 rings (SSSR count). The molecule has 2 nitrogen and oxygen atoms in total. The van der Waals surface area contributed by atoms with Gasteiger partial charge in [-0.05, 0) is 31.0 Å². The summed E-state index contributed by atoms with van der Waals surface area (Å²) < 4.78 is 0. The van der Waals surface area contributed by atoms with Crippen LogP contribution in [0.2, 0.25) is 0 Å². The van der Waals surface area contributed by atoms with E-state index in [9.17, 15) is 0 Å². The van der Waals surface area contributed by atoms with Gasteiger partial charge < -0.3 is 5.32 Å². The molecule has 0 aliphatic heterocycles. The van der Waals surface area contributed by atoms with Gasteiger partial charge in [0.25, 0.3) is 0 Å². The fraction of sp³-hybridized carbons (Fsp3) is 0.545. The van der Waals surface area contributed by atoms with Crippen molar-refractivity contribution in [2.45, 2.75) is 32.7 Å². The molecule has 2 unspecified atom stereocenters. The minimum Gasteiger partial charge on any atom is -0.314 e. The number of aromatic nitrogens is 1. The van der Waals surface area contributed by atoms with Crippen LogP contribution in [0.5, 0.6) is 0 Å². The molecule has 0 radical (unpaired) electrons. The van der Waals surface area contributed by atoms with Gasteiger partial charge in [0.05, 0.1) is 0 Å². The van der Waals surface area contributed by atoms with Crippen molar-refractivity contribution in [2.24, 2.45) is 0 Å². The van der Waals surface area contributed by atoms with Gasteiger partial charge in [-0.2, -0.15) is 0 Å². The van der Waals surface area contributed by atoms with Crippen LogP contribution in [0.25, 0.3) is 0 Å². The van der Waals surface area contributed by atoms with Gasteiger partial charge in [0.15, 0.2) is 0 Å². The Balaban J connectivity index is 2.62. The van der Waals surface area contributed by atoms with Gasteiger partial charge in [0.1, 0.15) is 0 Å². The lowest BCUT2D eigenvalue weighted by atomic mass is 9.96. The molecular weight excluding hydrogens is 160 g/mol. The second kappa shape index (κ2) is 4.97. The summed E-state index contributed by atoms with van der Waals surface area (Å²) in [5.74, 6) is 0.522. The second-order valence-electron chi connectivity index (χ2n) is 3.42. The highest BCUT2D eigenvalue weighted by atomic mass is 14.9. The summed E-state index contributed by atoms with van der Waals surface area (Å²) in [6, 6.07) is 4.63. The van der Waals surface area contributed by atoms with Gasteiger partial charge >= 0.3 is 0 Å². The molecule has 0 saturated carbocycles. The Labute approximate surface area is 80.4 Å². The number of nitrogens with one attached hydrogen (secondary N) is 1. The highest BCUT2D eigenvalue weighted by molar-refractivity contribution is 5.15. The normalized spacial score (nSPS) is 15.3. The number of rotatable bonds is 4. The minimum absolute atomic E-state index is 0.509. The Kier molecular flexibility index (Phi) is 3.90. The average Bonchev–Trinajstić information content (AvgIpc) is 2.18. The Bertz CT molecular complexity index is 233. The Hall–Kier alpha value is -0.890. The van der Waals surface area contributed by atoms with E-state index in [-0.39, 0.29) is 0 Å². The molecule has 1 N–H and O–H groups in total. The molecule has 0 aliphatic rings. The Morgan fingerprint density at radius 3 is 2.77 bits per heavy atom. The summed E-state index contributed by atoms with van der Waals surface area (Å²) >= 11 is 0. The van der Waals surface area contributed by atoms with E-state index < -0.39 is 0 Å². The second-order valence-corrected chi connectivity index (χ2v) is 3.42. The first kappa shape index (κ1) is 10.2. The van der Waals surface area contributed by atoms with E-state index in [0.29, 0.717) is 12.0 Å². The van der Waals surface area contributed by atoms with Gasteiger partial charge in [-0.1, -0.05) is 19.9 Å². The lowest BCUT2D eigenvalue weighted by Gasteiger charge is -2.20. The van der Waals surface area contributed by atoms with Crippen LogP contribution in [0.3, 0.4) is 0 Å². The molecule has 2 atom stereocenters. The first-order chi connectivity index (χ1) is 6.25. The predicted molar refractivity (Wildman–Crippen MR) is 55.8 cm³/mol. The molecule has 0 amide bonds. The minimum atomic E-state index is 0.509. The average molecular weight is 178 g/mol. The Morgan fingerprint density at radius 2 is 2.23 bits per heavy atom. The molecule has 1 aromatic heterocycles. The molecule has 2 heteroatoms. The highest BCUT2D eigenvalue weighted by Gasteiger charge is 2.12. The van der Waals surface area contributed by atoms with Crippen LogP contribution >= 0.6 is 0 Å². The van der Waals surface area contributed by atoms with Crippen LogP contribution in [0.4, 0.5) is 0 Å². The number of hydrogen-bond donors (Lipinski definition) is 1. The van der Waals surface area contributed by atoms with E-state index in [1.807, 2.05) is 18.5 Å². The van der Waals surface area contributed by atoms with E-state index in [4.69, 9.17) is 0 Å². The topological polar surface area (TPSA) is 24.9 Å². The first-order valence-electron chi connectivity index (χ1n) is 4.89. The van der Waals surface area contributed by atoms with E-state index >= 15 is 0 Å². The standard InChI is InChI=1S/C11H18N2/c1-4-13-10(3)9(2)11-6-5-7-12-8-11/h5-10,13H,4H2,1-3H3. The molecule has 0 aliphatic carbocycles. The van der Waals surface area contributed by atoms with Crippen LogP contribution in [0.1, 0.15) is 32.3 Å². The largest absolute Gasteiger partial charge is 0.314 e. The Morgan fingerprint density at radius 1 is 1.46 bits per heavy atom. The van der Waals surface area contributed by atoms with Crippen molar-refractivity contribution >= 4 is 0 Å². The maximum Gasteiger partial charge on any atom is 0.0303 e. The summed E-state index contributed by atoms with van der Waals surface area (Å²) in [5, 5.41) is 3.42. The van der Waals surface area contributed by atoms with E-state index in [1.165, 1.54) is 5.56 Å². The SMILES string of the molecule is CCNC(C)C(C)c1cccnc1. The fourth-order valence-corrected chi connectivity index (χ4v) is 1.43. The molecule has 13 heavy (non-hydrogen) atoms. The van der Waals surface area contributed by atoms with E-state index in [1.54, 1.807) is 0 Å². The number of nitrogens with zero attached hydrogens (tertiary/aromatic N) is 1. The summed E-state index contributed by atoms with van der Waals surface area (Å²) in [4.78, 5) is 4.12. The predicted octanol–water partition coefficient (Wildman–Crippen LogP) is 2.18. The molecule has 0 saturated heterocycles. The van der Waals surface area contributed by atoms with Crippen LogP contribution < -0.4 is 5.32 Å². The molecular formula is C11H18N2. The van der Waals surface area contributed by atoms with E-state index in [2.05, 4.69) is 37.1 Å². The van der Waals surface area contributed by atoms with E-state index in [0.717, 1.165) is 6.54 Å². The summed E-state index contributed by atoms with van der Waals surface area (Å²) in [5.41, 5.74) is 1.30. The zero-order chi connectivity index (χ0) is 9.68. The van der Waals surface area contributed by atoms with Crippen LogP contribution in [0, 0.1) is 0 Å². The smallest absolute Gasteiger partial charge is 0.0303 e. The molecule has 0 bridgehead atoms. The van der Waals surface area contributed by atoms with Gasteiger partial charge in [-0.25, -0.2) is 0 Å². The van der Waals surface area contributed by atoms with Crippen molar-refractivity contribution in [3.8, 4) is 0 Å². The van der Waals surface area contributed by atoms with Crippen molar-refractivity contribution in [1.82, 2.24) is 10.3 Å². The van der Waals surface area contributed by atoms with Gasteiger partial charge in [0, 0.05) is 18.4 Å². The molecule has 0 aromatic carbocycles. The fourth-order valence-electron chi connectivity index (χ4n) is 1.43. The third-order valence-electron chi connectivity index (χ3n) is 2.49. The van der Waals surface area contributed by atoms with Crippen molar-refractivity contribution in [1.29, 1.82) is 0 Å². The highest BCUT2D eigenvalue weighted by Crippen LogP contribution is 2.17. The summed E-state index contributed by atoms with van der Waals surface area (Å²) in [6.45, 7) is 7.59. The van der Waals surface area contributed by atoms with Crippen LogP contribution in [0.15, 0.2) is 24.5 Å². The van der Waals surface area contributed by atoms with Gasteiger partial charge in [-0.15, -0.1) is 0 Å². The van der Waals surface area contributed by atoms with Crippen molar-refractivity contribution in [3.63, 3.8) is 0 Å². The molecule has 0 spiro atoms. The zero-order valence-corrected chi connectivity index (χ0v) is 8.62. The van der Waals surface area contributed by atoms with Crippen LogP contribution in [-0.2, 0) is 0 Å². The van der Waals surface area contributed by atoms with Crippen molar-refractivity contribution < 1.29 is 0 Å². The maximum absolute atomic E-state index is 4.12. The van der Waals surface area contributed by atoms with Gasteiger partial charge in [-0.3, -0.25) is 4.98 Å². The van der Waals surface area contributed by atoms with Gasteiger partial charge in [0.2, 0.25) is 0 Å². The number of likely N-dealkylation sites (N-methyl/N-ethyl adjacent to an activating group) is 1. The molecule has 0 fully saturated rings. The third-order valence-corrected chi connectivity index (χ3v) is 2.49. The molecule has 72 valence electrons. The lowest BCUT2D eigenvalue weighted by molar-refractivity contribution is 0.494. The summed E-state index contributed by atoms with van der Waals surface area (Å²) in [6.07, 6.45) is 3.76. The first-order valence-corrected chi connectivity index (χ1v) is 4.89.